The first-order valence-electron chi connectivity index (χ1n) is 12.1. The Morgan fingerprint density at radius 2 is 1.61 bits per heavy atom. The molecule has 2 unspecified atom stereocenters. The number of hydrogen-bond acceptors (Lipinski definition) is 3. The van der Waals surface area contributed by atoms with Crippen molar-refractivity contribution in [2.45, 2.75) is 78.0 Å². The van der Waals surface area contributed by atoms with Crippen LogP contribution in [-0.2, 0) is 13.2 Å². The fourth-order valence-electron chi connectivity index (χ4n) is 7.79. The molecule has 3 nitrogen and oxygen atoms in total. The van der Waals surface area contributed by atoms with E-state index in [0.29, 0.717) is 24.0 Å². The summed E-state index contributed by atoms with van der Waals surface area (Å²) in [5.41, 5.74) is 3.69. The third-order valence-corrected chi connectivity index (χ3v) is 7.87. The molecule has 31 heavy (non-hydrogen) atoms. The van der Waals surface area contributed by atoms with Crippen LogP contribution in [0.3, 0.4) is 0 Å². The standard InChI is InChI=1S/C28H37NO2/c1-4-30-24-12-8-11-23(25(24)31-17-21-9-6-5-7-10-21)16-29-28-15-22-13-26(2,19-28)18-27(3,14-22)20-28/h5-12,22,29H,4,13-20H2,1-3H3/t22?,26-,27+,28?. The van der Waals surface area contributed by atoms with E-state index < -0.39 is 0 Å². The van der Waals surface area contributed by atoms with Crippen molar-refractivity contribution >= 4 is 0 Å². The largest absolute Gasteiger partial charge is 0.490 e. The van der Waals surface area contributed by atoms with Crippen molar-refractivity contribution in [3.05, 3.63) is 59.7 Å². The highest BCUT2D eigenvalue weighted by Crippen LogP contribution is 2.66. The first kappa shape index (κ1) is 20.9. The lowest BCUT2D eigenvalue weighted by molar-refractivity contribution is -0.118. The highest BCUT2D eigenvalue weighted by atomic mass is 16.5. The van der Waals surface area contributed by atoms with Crippen LogP contribution in [0.2, 0.25) is 0 Å². The summed E-state index contributed by atoms with van der Waals surface area (Å²) in [6.45, 7) is 9.14. The maximum atomic E-state index is 6.35. The molecule has 0 aromatic heterocycles. The molecule has 1 N–H and O–H groups in total. The molecule has 0 aliphatic heterocycles. The van der Waals surface area contributed by atoms with Gasteiger partial charge >= 0.3 is 0 Å². The van der Waals surface area contributed by atoms with Crippen molar-refractivity contribution in [3.8, 4) is 11.5 Å². The molecule has 4 saturated carbocycles. The van der Waals surface area contributed by atoms with E-state index in [0.717, 1.165) is 24.0 Å². The summed E-state index contributed by atoms with van der Waals surface area (Å²) in [7, 11) is 0. The van der Waals surface area contributed by atoms with E-state index in [1.54, 1.807) is 0 Å². The molecule has 2 aromatic rings. The van der Waals surface area contributed by atoms with E-state index in [-0.39, 0.29) is 5.54 Å². The summed E-state index contributed by atoms with van der Waals surface area (Å²) in [6, 6.07) is 16.7. The Bertz CT molecular complexity index is 906. The molecule has 6 rings (SSSR count). The fourth-order valence-corrected chi connectivity index (χ4v) is 7.79. The van der Waals surface area contributed by atoms with Gasteiger partial charge in [-0.15, -0.1) is 0 Å². The van der Waals surface area contributed by atoms with Gasteiger partial charge in [0.2, 0.25) is 0 Å². The molecule has 4 bridgehead atoms. The van der Waals surface area contributed by atoms with E-state index in [9.17, 15) is 0 Å². The van der Waals surface area contributed by atoms with E-state index in [1.807, 2.05) is 19.1 Å². The van der Waals surface area contributed by atoms with Gasteiger partial charge < -0.3 is 14.8 Å². The number of ether oxygens (including phenoxy) is 2. The van der Waals surface area contributed by atoms with Crippen molar-refractivity contribution in [3.63, 3.8) is 0 Å². The molecule has 0 amide bonds. The van der Waals surface area contributed by atoms with Crippen LogP contribution in [0.5, 0.6) is 11.5 Å². The fraction of sp³-hybridized carbons (Fsp3) is 0.571. The predicted molar refractivity (Wildman–Crippen MR) is 125 cm³/mol. The van der Waals surface area contributed by atoms with E-state index in [4.69, 9.17) is 9.47 Å². The number of nitrogens with one attached hydrogen (secondary N) is 1. The molecule has 0 spiro atoms. The van der Waals surface area contributed by atoms with Gasteiger partial charge in [0, 0.05) is 17.6 Å². The SMILES string of the molecule is CCOc1cccc(CNC23CC4C[C@@](C)(C2)C[C@](C)(C4)C3)c1OCc1ccccc1. The van der Waals surface area contributed by atoms with Gasteiger partial charge in [-0.2, -0.15) is 0 Å². The second kappa shape index (κ2) is 7.85. The molecular weight excluding hydrogens is 382 g/mol. The normalized spacial score (nSPS) is 33.5. The van der Waals surface area contributed by atoms with Crippen molar-refractivity contribution < 1.29 is 9.47 Å². The van der Waals surface area contributed by atoms with Crippen LogP contribution < -0.4 is 14.8 Å². The first-order valence-corrected chi connectivity index (χ1v) is 12.1. The Balaban J connectivity index is 1.36. The molecule has 4 aliphatic rings. The van der Waals surface area contributed by atoms with Crippen LogP contribution in [0.4, 0.5) is 0 Å². The minimum Gasteiger partial charge on any atom is -0.490 e. The van der Waals surface area contributed by atoms with Crippen LogP contribution in [0.15, 0.2) is 48.5 Å². The van der Waals surface area contributed by atoms with Gasteiger partial charge in [0.1, 0.15) is 6.61 Å². The van der Waals surface area contributed by atoms with E-state index in [2.05, 4.69) is 55.6 Å². The number of para-hydroxylation sites is 1. The molecule has 4 fully saturated rings. The van der Waals surface area contributed by atoms with Gasteiger partial charge in [-0.3, -0.25) is 0 Å². The number of hydrogen-bond donors (Lipinski definition) is 1. The van der Waals surface area contributed by atoms with Gasteiger partial charge in [0.25, 0.3) is 0 Å². The predicted octanol–water partition coefficient (Wildman–Crippen LogP) is 6.50. The molecule has 4 aliphatic carbocycles. The summed E-state index contributed by atoms with van der Waals surface area (Å²) >= 11 is 0. The highest BCUT2D eigenvalue weighted by Gasteiger charge is 2.59. The van der Waals surface area contributed by atoms with E-state index in [1.165, 1.54) is 49.7 Å². The molecule has 4 atom stereocenters. The van der Waals surface area contributed by atoms with Crippen LogP contribution in [-0.4, -0.2) is 12.1 Å². The van der Waals surface area contributed by atoms with Gasteiger partial charge in [0.05, 0.1) is 6.61 Å². The summed E-state index contributed by atoms with van der Waals surface area (Å²) in [4.78, 5) is 0. The summed E-state index contributed by atoms with van der Waals surface area (Å²) in [6.07, 6.45) is 8.23. The topological polar surface area (TPSA) is 30.5 Å². The lowest BCUT2D eigenvalue weighted by Gasteiger charge is -2.65. The molecule has 0 saturated heterocycles. The van der Waals surface area contributed by atoms with Crippen molar-refractivity contribution in [1.82, 2.24) is 5.32 Å². The van der Waals surface area contributed by atoms with Crippen LogP contribution >= 0.6 is 0 Å². The van der Waals surface area contributed by atoms with Crippen LogP contribution in [0, 0.1) is 16.7 Å². The zero-order valence-electron chi connectivity index (χ0n) is 19.4. The summed E-state index contributed by atoms with van der Waals surface area (Å²) in [5.74, 6) is 2.63. The van der Waals surface area contributed by atoms with Crippen LogP contribution in [0.25, 0.3) is 0 Å². The van der Waals surface area contributed by atoms with Gasteiger partial charge in [0.15, 0.2) is 11.5 Å². The second-order valence-electron chi connectivity index (χ2n) is 11.2. The average Bonchev–Trinajstić information content (AvgIpc) is 2.70. The molecule has 0 radical (unpaired) electrons. The van der Waals surface area contributed by atoms with Gasteiger partial charge in [-0.1, -0.05) is 56.3 Å². The highest BCUT2D eigenvalue weighted by molar-refractivity contribution is 5.47. The van der Waals surface area contributed by atoms with Gasteiger partial charge in [-0.25, -0.2) is 0 Å². The minimum absolute atomic E-state index is 0.279. The Morgan fingerprint density at radius 3 is 2.29 bits per heavy atom. The van der Waals surface area contributed by atoms with Crippen molar-refractivity contribution in [2.24, 2.45) is 16.7 Å². The molecular formula is C28H37NO2. The minimum atomic E-state index is 0.279. The quantitative estimate of drug-likeness (QED) is 0.529. The Hall–Kier alpha value is -2.00. The van der Waals surface area contributed by atoms with Crippen molar-refractivity contribution in [1.29, 1.82) is 0 Å². The second-order valence-corrected chi connectivity index (χ2v) is 11.2. The molecule has 3 heteroatoms. The maximum Gasteiger partial charge on any atom is 0.166 e. The molecule has 166 valence electrons. The smallest absolute Gasteiger partial charge is 0.166 e. The maximum absolute atomic E-state index is 6.35. The van der Waals surface area contributed by atoms with E-state index >= 15 is 0 Å². The Kier molecular flexibility index (Phi) is 5.29. The zero-order valence-corrected chi connectivity index (χ0v) is 19.4. The lowest BCUT2D eigenvalue weighted by Crippen LogP contribution is -2.63. The Labute approximate surface area is 187 Å². The van der Waals surface area contributed by atoms with Crippen molar-refractivity contribution in [2.75, 3.05) is 6.61 Å². The molecule has 0 heterocycles. The summed E-state index contributed by atoms with van der Waals surface area (Å²) in [5, 5.41) is 4.07. The monoisotopic (exact) mass is 419 g/mol. The van der Waals surface area contributed by atoms with Crippen LogP contribution in [0.1, 0.15) is 70.4 Å². The average molecular weight is 420 g/mol. The lowest BCUT2D eigenvalue weighted by atomic mass is 9.43. The summed E-state index contributed by atoms with van der Waals surface area (Å²) < 4.78 is 12.3. The van der Waals surface area contributed by atoms with Gasteiger partial charge in [-0.05, 0) is 73.8 Å². The number of benzene rings is 2. The zero-order chi connectivity index (χ0) is 21.5. The molecule has 2 aromatic carbocycles. The third kappa shape index (κ3) is 4.22. The third-order valence-electron chi connectivity index (χ3n) is 7.87. The first-order chi connectivity index (χ1) is 14.9. The Morgan fingerprint density at radius 1 is 0.871 bits per heavy atom. The number of rotatable bonds is 8.